The van der Waals surface area contributed by atoms with Crippen LogP contribution in [0.3, 0.4) is 0 Å². The molecule has 5 heteroatoms. The molecule has 1 atom stereocenters. The van der Waals surface area contributed by atoms with E-state index in [4.69, 9.17) is 9.47 Å². The fourth-order valence-electron chi connectivity index (χ4n) is 1.66. The number of hydrogen-bond donors (Lipinski definition) is 1. The van der Waals surface area contributed by atoms with Crippen molar-refractivity contribution in [1.29, 1.82) is 0 Å². The van der Waals surface area contributed by atoms with E-state index < -0.39 is 6.10 Å². The number of rotatable bonds is 9. The minimum atomic E-state index is -0.506. The van der Waals surface area contributed by atoms with E-state index in [1.807, 2.05) is 25.8 Å². The Bertz CT molecular complexity index is 370. The Morgan fingerprint density at radius 3 is 2.50 bits per heavy atom. The number of likely N-dealkylation sites (N-methyl/N-ethyl adjacent to an activating group) is 1. The lowest BCUT2D eigenvalue weighted by molar-refractivity contribution is -0.00649. The Labute approximate surface area is 120 Å². The van der Waals surface area contributed by atoms with E-state index in [9.17, 15) is 9.50 Å². The maximum atomic E-state index is 12.7. The molecule has 1 aromatic rings. The van der Waals surface area contributed by atoms with E-state index in [0.29, 0.717) is 32.1 Å². The van der Waals surface area contributed by atoms with Crippen molar-refractivity contribution in [2.75, 3.05) is 33.4 Å². The fourth-order valence-corrected chi connectivity index (χ4v) is 1.66. The standard InChI is InChI=1S/C15H24FNO3/c1-12(2)20-11-14(18)10-17(3)8-9-19-15-6-4-13(16)5-7-15/h4-7,12,14,18H,8-11H2,1-3H3/t14-/m1/s1. The second kappa shape index (κ2) is 8.89. The van der Waals surface area contributed by atoms with Gasteiger partial charge in [0, 0.05) is 13.1 Å². The Morgan fingerprint density at radius 1 is 1.25 bits per heavy atom. The summed E-state index contributed by atoms with van der Waals surface area (Å²) in [7, 11) is 1.91. The van der Waals surface area contributed by atoms with Crippen LogP contribution in [-0.2, 0) is 4.74 Å². The van der Waals surface area contributed by atoms with Crippen LogP contribution in [0.5, 0.6) is 5.75 Å². The first-order chi connectivity index (χ1) is 9.47. The van der Waals surface area contributed by atoms with Crippen LogP contribution >= 0.6 is 0 Å². The van der Waals surface area contributed by atoms with E-state index in [2.05, 4.69) is 0 Å². The summed E-state index contributed by atoms with van der Waals surface area (Å²) in [6, 6.07) is 5.93. The second-order valence-corrected chi connectivity index (χ2v) is 5.10. The molecule has 0 aromatic heterocycles. The third-order valence-corrected chi connectivity index (χ3v) is 2.70. The molecule has 0 saturated heterocycles. The van der Waals surface area contributed by atoms with Gasteiger partial charge in [-0.05, 0) is 45.2 Å². The lowest BCUT2D eigenvalue weighted by Gasteiger charge is -2.21. The minimum absolute atomic E-state index is 0.122. The van der Waals surface area contributed by atoms with Gasteiger partial charge in [-0.2, -0.15) is 0 Å². The Balaban J connectivity index is 2.16. The normalized spacial score (nSPS) is 12.9. The van der Waals surface area contributed by atoms with Gasteiger partial charge < -0.3 is 19.5 Å². The zero-order valence-corrected chi connectivity index (χ0v) is 12.4. The Hall–Kier alpha value is -1.17. The lowest BCUT2D eigenvalue weighted by atomic mass is 10.3. The molecule has 0 saturated carbocycles. The molecule has 4 nitrogen and oxygen atoms in total. The number of hydrogen-bond acceptors (Lipinski definition) is 4. The maximum Gasteiger partial charge on any atom is 0.123 e. The molecule has 1 aromatic carbocycles. The van der Waals surface area contributed by atoms with Crippen molar-refractivity contribution in [3.8, 4) is 5.75 Å². The quantitative estimate of drug-likeness (QED) is 0.753. The summed E-state index contributed by atoms with van der Waals surface area (Å²) >= 11 is 0. The SMILES string of the molecule is CC(C)OC[C@H](O)CN(C)CCOc1ccc(F)cc1. The van der Waals surface area contributed by atoms with Crippen LogP contribution in [0.25, 0.3) is 0 Å². The summed E-state index contributed by atoms with van der Waals surface area (Å²) in [4.78, 5) is 1.97. The predicted octanol–water partition coefficient (Wildman–Crippen LogP) is 1.92. The monoisotopic (exact) mass is 285 g/mol. The molecule has 0 bridgehead atoms. The number of ether oxygens (including phenoxy) is 2. The first kappa shape index (κ1) is 16.9. The average Bonchev–Trinajstić information content (AvgIpc) is 2.38. The molecule has 0 radical (unpaired) electrons. The molecule has 0 heterocycles. The first-order valence-corrected chi connectivity index (χ1v) is 6.84. The van der Waals surface area contributed by atoms with Crippen LogP contribution in [0, 0.1) is 5.82 Å². The summed E-state index contributed by atoms with van der Waals surface area (Å²) in [5, 5.41) is 9.77. The third-order valence-electron chi connectivity index (χ3n) is 2.70. The van der Waals surface area contributed by atoms with E-state index in [-0.39, 0.29) is 11.9 Å². The molecular formula is C15H24FNO3. The summed E-state index contributed by atoms with van der Waals surface area (Å²) in [6.07, 6.45) is -0.384. The van der Waals surface area contributed by atoms with Crippen LogP contribution in [0.15, 0.2) is 24.3 Å². The summed E-state index contributed by atoms with van der Waals surface area (Å²) in [5.74, 6) is 0.367. The predicted molar refractivity (Wildman–Crippen MR) is 76.5 cm³/mol. The van der Waals surface area contributed by atoms with Gasteiger partial charge in [0.05, 0.1) is 18.8 Å². The molecule has 0 aliphatic heterocycles. The zero-order chi connectivity index (χ0) is 15.0. The molecule has 0 amide bonds. The number of nitrogens with zero attached hydrogens (tertiary/aromatic N) is 1. The van der Waals surface area contributed by atoms with Crippen LogP contribution in [0.2, 0.25) is 0 Å². The van der Waals surface area contributed by atoms with E-state index >= 15 is 0 Å². The molecule has 1 N–H and O–H groups in total. The van der Waals surface area contributed by atoms with E-state index in [0.717, 1.165) is 0 Å². The van der Waals surface area contributed by atoms with Gasteiger partial charge in [-0.3, -0.25) is 0 Å². The van der Waals surface area contributed by atoms with Gasteiger partial charge >= 0.3 is 0 Å². The van der Waals surface area contributed by atoms with Crippen molar-refractivity contribution in [1.82, 2.24) is 4.90 Å². The van der Waals surface area contributed by atoms with Crippen molar-refractivity contribution in [3.63, 3.8) is 0 Å². The second-order valence-electron chi connectivity index (χ2n) is 5.10. The summed E-state index contributed by atoms with van der Waals surface area (Å²) in [6.45, 7) is 5.90. The molecule has 0 aliphatic rings. The molecule has 114 valence electrons. The topological polar surface area (TPSA) is 41.9 Å². The van der Waals surface area contributed by atoms with E-state index in [1.165, 1.54) is 12.1 Å². The molecule has 0 unspecified atom stereocenters. The molecule has 1 rings (SSSR count). The Morgan fingerprint density at radius 2 is 1.90 bits per heavy atom. The average molecular weight is 285 g/mol. The molecular weight excluding hydrogens is 261 g/mol. The van der Waals surface area contributed by atoms with Crippen molar-refractivity contribution in [3.05, 3.63) is 30.1 Å². The zero-order valence-electron chi connectivity index (χ0n) is 12.4. The van der Waals surface area contributed by atoms with Gasteiger partial charge in [-0.25, -0.2) is 4.39 Å². The summed E-state index contributed by atoms with van der Waals surface area (Å²) in [5.41, 5.74) is 0. The van der Waals surface area contributed by atoms with Gasteiger partial charge in [0.1, 0.15) is 18.2 Å². The highest BCUT2D eigenvalue weighted by Crippen LogP contribution is 2.10. The van der Waals surface area contributed by atoms with Crippen LogP contribution in [0.1, 0.15) is 13.8 Å². The van der Waals surface area contributed by atoms with Gasteiger partial charge in [-0.1, -0.05) is 0 Å². The lowest BCUT2D eigenvalue weighted by Crippen LogP contribution is -2.35. The summed E-state index contributed by atoms with van der Waals surface area (Å²) < 4.78 is 23.5. The Kier molecular flexibility index (Phi) is 7.51. The highest BCUT2D eigenvalue weighted by atomic mass is 19.1. The van der Waals surface area contributed by atoms with Gasteiger partial charge in [0.2, 0.25) is 0 Å². The van der Waals surface area contributed by atoms with Crippen molar-refractivity contribution in [2.45, 2.75) is 26.1 Å². The van der Waals surface area contributed by atoms with Gasteiger partial charge in [-0.15, -0.1) is 0 Å². The molecule has 0 spiro atoms. The highest BCUT2D eigenvalue weighted by Gasteiger charge is 2.09. The number of halogens is 1. The number of aliphatic hydroxyl groups excluding tert-OH is 1. The van der Waals surface area contributed by atoms with Crippen molar-refractivity contribution >= 4 is 0 Å². The van der Waals surface area contributed by atoms with Gasteiger partial charge in [0.15, 0.2) is 0 Å². The van der Waals surface area contributed by atoms with E-state index in [1.54, 1.807) is 12.1 Å². The minimum Gasteiger partial charge on any atom is -0.492 e. The van der Waals surface area contributed by atoms with Crippen LogP contribution < -0.4 is 4.74 Å². The maximum absolute atomic E-state index is 12.7. The smallest absolute Gasteiger partial charge is 0.123 e. The fraction of sp³-hybridized carbons (Fsp3) is 0.600. The largest absolute Gasteiger partial charge is 0.492 e. The molecule has 0 fully saturated rings. The molecule has 0 aliphatic carbocycles. The highest BCUT2D eigenvalue weighted by molar-refractivity contribution is 5.21. The molecule has 20 heavy (non-hydrogen) atoms. The first-order valence-electron chi connectivity index (χ1n) is 6.84. The van der Waals surface area contributed by atoms with Crippen LogP contribution in [-0.4, -0.2) is 55.6 Å². The third kappa shape index (κ3) is 7.43. The van der Waals surface area contributed by atoms with Crippen LogP contribution in [0.4, 0.5) is 4.39 Å². The van der Waals surface area contributed by atoms with Crippen molar-refractivity contribution in [2.24, 2.45) is 0 Å². The van der Waals surface area contributed by atoms with Gasteiger partial charge in [0.25, 0.3) is 0 Å². The number of benzene rings is 1. The van der Waals surface area contributed by atoms with Crippen molar-refractivity contribution < 1.29 is 19.0 Å². The number of aliphatic hydroxyl groups is 1.